The van der Waals surface area contributed by atoms with Gasteiger partial charge in [-0.1, -0.05) is 24.6 Å². The molecule has 28 heavy (non-hydrogen) atoms. The summed E-state index contributed by atoms with van der Waals surface area (Å²) in [5.74, 6) is -2.83. The van der Waals surface area contributed by atoms with E-state index in [0.29, 0.717) is 12.8 Å². The van der Waals surface area contributed by atoms with Crippen molar-refractivity contribution in [2.24, 2.45) is 22.7 Å². The van der Waals surface area contributed by atoms with E-state index in [2.05, 4.69) is 6.07 Å². The molecule has 1 aromatic rings. The van der Waals surface area contributed by atoms with E-state index in [1.807, 2.05) is 19.1 Å². The lowest BCUT2D eigenvalue weighted by Gasteiger charge is -2.52. The molecule has 2 bridgehead atoms. The van der Waals surface area contributed by atoms with Crippen LogP contribution in [0.1, 0.15) is 37.9 Å². The van der Waals surface area contributed by atoms with Crippen LogP contribution in [0.5, 0.6) is 0 Å². The Morgan fingerprint density at radius 1 is 1.25 bits per heavy atom. The predicted molar refractivity (Wildman–Crippen MR) is 95.0 cm³/mol. The van der Waals surface area contributed by atoms with Gasteiger partial charge in [-0.3, -0.25) is 5.41 Å². The molecule has 0 amide bonds. The Kier molecular flexibility index (Phi) is 3.95. The van der Waals surface area contributed by atoms with E-state index >= 15 is 0 Å². The fraction of sp³-hybridized carbons (Fsp3) is 0.500. The topological polar surface area (TPSA) is 114 Å². The third kappa shape index (κ3) is 2.00. The van der Waals surface area contributed by atoms with E-state index in [1.165, 1.54) is 12.1 Å². The Labute approximate surface area is 166 Å². The minimum atomic E-state index is -2.07. The van der Waals surface area contributed by atoms with Crippen LogP contribution in [0, 0.1) is 67.9 Å². The van der Waals surface area contributed by atoms with Gasteiger partial charge in [0.1, 0.15) is 11.9 Å². The van der Waals surface area contributed by atoms with Crippen LogP contribution in [0.15, 0.2) is 18.2 Å². The molecule has 0 aromatic heterocycles. The van der Waals surface area contributed by atoms with E-state index in [4.69, 9.17) is 26.5 Å². The van der Waals surface area contributed by atoms with E-state index < -0.39 is 40.4 Å². The first-order chi connectivity index (χ1) is 13.3. The molecule has 4 rings (SSSR count). The second-order valence-corrected chi connectivity index (χ2v) is 8.21. The molecular formula is C20H16ClFN4O2. The van der Waals surface area contributed by atoms with Gasteiger partial charge in [0.15, 0.2) is 5.41 Å². The maximum Gasteiger partial charge on any atom is 0.217 e. The van der Waals surface area contributed by atoms with Crippen molar-refractivity contribution < 1.29 is 13.9 Å². The average Bonchev–Trinajstić information content (AvgIpc) is 2.88. The number of benzene rings is 1. The highest BCUT2D eigenvalue weighted by atomic mass is 35.5. The fourth-order valence-corrected chi connectivity index (χ4v) is 5.12. The van der Waals surface area contributed by atoms with E-state index in [9.17, 15) is 20.2 Å². The van der Waals surface area contributed by atoms with Gasteiger partial charge in [-0.15, -0.1) is 0 Å². The Balaban J connectivity index is 1.99. The number of hydrogen-bond donors (Lipinski definition) is 1. The number of rotatable bonds is 1. The number of hydrogen-bond acceptors (Lipinski definition) is 6. The quantitative estimate of drug-likeness (QED) is 0.760. The number of nitrogens with zero attached hydrogens (tertiary/aromatic N) is 3. The summed E-state index contributed by atoms with van der Waals surface area (Å²) in [6.07, 6.45) is 0.396. The molecule has 1 saturated carbocycles. The van der Waals surface area contributed by atoms with Crippen LogP contribution in [0.4, 0.5) is 4.39 Å². The number of halogens is 2. The van der Waals surface area contributed by atoms with Gasteiger partial charge in [0.05, 0.1) is 29.1 Å². The first-order valence-electron chi connectivity index (χ1n) is 8.95. The van der Waals surface area contributed by atoms with Crippen LogP contribution in [0.2, 0.25) is 5.02 Å². The zero-order chi connectivity index (χ0) is 20.3. The van der Waals surface area contributed by atoms with Gasteiger partial charge in [0, 0.05) is 6.42 Å². The molecule has 6 nitrogen and oxygen atoms in total. The summed E-state index contributed by atoms with van der Waals surface area (Å²) in [6, 6.07) is 9.90. The predicted octanol–water partition coefficient (Wildman–Crippen LogP) is 4.23. The largest absolute Gasteiger partial charge is 0.447 e. The summed E-state index contributed by atoms with van der Waals surface area (Å²) < 4.78 is 26.2. The molecule has 2 aliphatic heterocycles. The molecule has 142 valence electrons. The molecule has 2 heterocycles. The van der Waals surface area contributed by atoms with Gasteiger partial charge in [-0.25, -0.2) is 4.39 Å². The standard InChI is InChI=1S/C20H16ClFN4O2/c1-11-4-5-20-15(6-11)19(10-25,17(26)28-20)18(8-23,9-24)16(27-20)12-2-3-13(21)14(22)7-12/h2-3,7,11,15-16,26H,4-6H2,1H3. The average molecular weight is 399 g/mol. The Bertz CT molecular complexity index is 995. The van der Waals surface area contributed by atoms with Gasteiger partial charge in [-0.05, 0) is 36.5 Å². The zero-order valence-electron chi connectivity index (χ0n) is 15.0. The first kappa shape index (κ1) is 18.7. The van der Waals surface area contributed by atoms with Crippen LogP contribution in [0.25, 0.3) is 0 Å². The molecule has 0 radical (unpaired) electrons. The van der Waals surface area contributed by atoms with Gasteiger partial charge < -0.3 is 9.47 Å². The molecule has 1 aromatic carbocycles. The summed E-state index contributed by atoms with van der Waals surface area (Å²) in [6.45, 7) is 2.02. The second kappa shape index (κ2) is 5.92. The highest BCUT2D eigenvalue weighted by Crippen LogP contribution is 2.69. The lowest BCUT2D eigenvalue weighted by Crippen LogP contribution is -2.61. The molecule has 3 aliphatic rings. The van der Waals surface area contributed by atoms with Gasteiger partial charge in [0.2, 0.25) is 17.1 Å². The molecule has 0 spiro atoms. The first-order valence-corrected chi connectivity index (χ1v) is 9.32. The monoisotopic (exact) mass is 398 g/mol. The van der Waals surface area contributed by atoms with Gasteiger partial charge in [0.25, 0.3) is 0 Å². The van der Waals surface area contributed by atoms with E-state index in [0.717, 1.165) is 12.5 Å². The Morgan fingerprint density at radius 2 is 1.96 bits per heavy atom. The summed E-state index contributed by atoms with van der Waals surface area (Å²) in [5.41, 5.74) is -3.66. The molecule has 3 fully saturated rings. The molecule has 8 heteroatoms. The summed E-state index contributed by atoms with van der Waals surface area (Å²) >= 11 is 5.77. The summed E-state index contributed by atoms with van der Waals surface area (Å²) in [4.78, 5) is 0. The van der Waals surface area contributed by atoms with Crippen LogP contribution in [-0.4, -0.2) is 11.7 Å². The van der Waals surface area contributed by atoms with Gasteiger partial charge >= 0.3 is 0 Å². The van der Waals surface area contributed by atoms with Crippen molar-refractivity contribution in [1.82, 2.24) is 0 Å². The highest BCUT2D eigenvalue weighted by molar-refractivity contribution is 6.30. The molecule has 1 N–H and O–H groups in total. The normalized spacial score (nSPS) is 37.7. The number of nitriles is 3. The molecule has 1 aliphatic carbocycles. The van der Waals surface area contributed by atoms with Crippen molar-refractivity contribution in [3.63, 3.8) is 0 Å². The van der Waals surface area contributed by atoms with Crippen LogP contribution in [-0.2, 0) is 9.47 Å². The summed E-state index contributed by atoms with van der Waals surface area (Å²) in [7, 11) is 0. The fourth-order valence-electron chi connectivity index (χ4n) is 5.00. The van der Waals surface area contributed by atoms with Crippen molar-refractivity contribution in [1.29, 1.82) is 21.2 Å². The van der Waals surface area contributed by atoms with E-state index in [-0.39, 0.29) is 16.5 Å². The smallest absolute Gasteiger partial charge is 0.217 e. The van der Waals surface area contributed by atoms with Crippen LogP contribution >= 0.6 is 11.6 Å². The highest BCUT2D eigenvalue weighted by Gasteiger charge is 2.80. The van der Waals surface area contributed by atoms with Crippen molar-refractivity contribution in [3.8, 4) is 18.2 Å². The summed E-state index contributed by atoms with van der Waals surface area (Å²) in [5, 5.41) is 38.8. The maximum atomic E-state index is 14.1. The van der Waals surface area contributed by atoms with Crippen LogP contribution in [0.3, 0.4) is 0 Å². The van der Waals surface area contributed by atoms with Crippen molar-refractivity contribution in [2.75, 3.05) is 0 Å². The lowest BCUT2D eigenvalue weighted by molar-refractivity contribution is -0.298. The minimum absolute atomic E-state index is 0.108. The number of ether oxygens (including phenoxy) is 2. The second-order valence-electron chi connectivity index (χ2n) is 7.80. The van der Waals surface area contributed by atoms with E-state index in [1.54, 1.807) is 0 Å². The maximum absolute atomic E-state index is 14.1. The van der Waals surface area contributed by atoms with Crippen molar-refractivity contribution in [2.45, 2.75) is 38.1 Å². The molecular weight excluding hydrogens is 383 g/mol. The molecule has 2 saturated heterocycles. The van der Waals surface area contributed by atoms with Crippen molar-refractivity contribution >= 4 is 17.5 Å². The minimum Gasteiger partial charge on any atom is -0.447 e. The molecule has 5 unspecified atom stereocenters. The van der Waals surface area contributed by atoms with Crippen LogP contribution < -0.4 is 0 Å². The number of nitrogens with one attached hydrogen (secondary N) is 1. The Morgan fingerprint density at radius 3 is 2.57 bits per heavy atom. The SMILES string of the molecule is CC1CCC23OC(=N)C(C#N)(C2C1)C(C#N)(C#N)C(c1ccc(Cl)c(F)c1)O3. The Hall–Kier alpha value is -2.66. The lowest BCUT2D eigenvalue weighted by atomic mass is 9.50. The zero-order valence-corrected chi connectivity index (χ0v) is 15.8. The molecule has 5 atom stereocenters. The van der Waals surface area contributed by atoms with Crippen molar-refractivity contribution in [3.05, 3.63) is 34.6 Å². The third-order valence-corrected chi connectivity index (χ3v) is 6.72. The van der Waals surface area contributed by atoms with Gasteiger partial charge in [-0.2, -0.15) is 15.8 Å². The third-order valence-electron chi connectivity index (χ3n) is 6.42.